The summed E-state index contributed by atoms with van der Waals surface area (Å²) in [4.78, 5) is 9.24. The molecule has 3 N–H and O–H groups in total. The number of rotatable bonds is 8. The van der Waals surface area contributed by atoms with E-state index < -0.39 is 10.0 Å². The summed E-state index contributed by atoms with van der Waals surface area (Å²) >= 11 is 1.65. The van der Waals surface area contributed by atoms with Crippen molar-refractivity contribution in [2.75, 3.05) is 20.1 Å². The largest absolute Gasteiger partial charge is 0.357 e. The molecule has 0 fully saturated rings. The van der Waals surface area contributed by atoms with Crippen molar-refractivity contribution in [1.82, 2.24) is 20.3 Å². The van der Waals surface area contributed by atoms with Gasteiger partial charge in [0.25, 0.3) is 0 Å². The Morgan fingerprint density at radius 3 is 2.48 bits per heavy atom. The summed E-state index contributed by atoms with van der Waals surface area (Å²) in [7, 11) is -2.01. The molecule has 0 bridgehead atoms. The second-order valence-corrected chi connectivity index (χ2v) is 8.53. The van der Waals surface area contributed by atoms with Gasteiger partial charge in [0, 0.05) is 24.9 Å². The third-order valence-electron chi connectivity index (χ3n) is 3.61. The van der Waals surface area contributed by atoms with Crippen molar-refractivity contribution in [3.63, 3.8) is 0 Å². The average Bonchev–Trinajstić information content (AvgIpc) is 3.05. The van der Waals surface area contributed by atoms with Gasteiger partial charge < -0.3 is 10.6 Å². The first-order valence-electron chi connectivity index (χ1n) is 8.40. The maximum atomic E-state index is 11.7. The van der Waals surface area contributed by atoms with E-state index in [1.165, 1.54) is 7.05 Å². The van der Waals surface area contributed by atoms with E-state index in [1.54, 1.807) is 35.6 Å². The van der Waals surface area contributed by atoms with E-state index in [-0.39, 0.29) is 28.9 Å². The van der Waals surface area contributed by atoms with Gasteiger partial charge in [-0.1, -0.05) is 12.1 Å². The average molecular weight is 523 g/mol. The van der Waals surface area contributed by atoms with E-state index in [0.29, 0.717) is 6.54 Å². The molecule has 0 aliphatic carbocycles. The van der Waals surface area contributed by atoms with Crippen LogP contribution in [0.25, 0.3) is 0 Å². The third kappa shape index (κ3) is 7.72. The minimum Gasteiger partial charge on any atom is -0.357 e. The Balaban J connectivity index is 0.00000364. The summed E-state index contributed by atoms with van der Waals surface area (Å²) in [5, 5.41) is 9.64. The van der Waals surface area contributed by atoms with Gasteiger partial charge in [-0.15, -0.1) is 35.3 Å². The van der Waals surface area contributed by atoms with Crippen LogP contribution in [0, 0.1) is 6.92 Å². The number of aromatic nitrogens is 1. The molecule has 27 heavy (non-hydrogen) atoms. The van der Waals surface area contributed by atoms with Gasteiger partial charge in [-0.3, -0.25) is 0 Å². The molecule has 0 aliphatic heterocycles. The van der Waals surface area contributed by atoms with Gasteiger partial charge in [-0.25, -0.2) is 23.1 Å². The number of aliphatic imine (C=N–C) groups is 1. The van der Waals surface area contributed by atoms with E-state index in [2.05, 4.69) is 30.7 Å². The Bertz CT molecular complexity index is 835. The zero-order valence-electron chi connectivity index (χ0n) is 15.7. The van der Waals surface area contributed by atoms with Gasteiger partial charge in [0.2, 0.25) is 10.0 Å². The fourth-order valence-corrected chi connectivity index (χ4v) is 3.61. The summed E-state index contributed by atoms with van der Waals surface area (Å²) in [6.07, 6.45) is 0.839. The van der Waals surface area contributed by atoms with Gasteiger partial charge in [0.15, 0.2) is 5.96 Å². The molecule has 0 spiro atoms. The van der Waals surface area contributed by atoms with E-state index in [0.717, 1.165) is 41.7 Å². The number of hydrogen-bond acceptors (Lipinski definition) is 5. The predicted octanol–water partition coefficient (Wildman–Crippen LogP) is 2.28. The van der Waals surface area contributed by atoms with Crippen molar-refractivity contribution >= 4 is 51.3 Å². The van der Waals surface area contributed by atoms with Crippen molar-refractivity contribution < 1.29 is 8.42 Å². The van der Waals surface area contributed by atoms with Crippen molar-refractivity contribution in [1.29, 1.82) is 0 Å². The van der Waals surface area contributed by atoms with E-state index in [1.807, 2.05) is 13.8 Å². The van der Waals surface area contributed by atoms with Crippen molar-refractivity contribution in [3.05, 3.63) is 45.9 Å². The van der Waals surface area contributed by atoms with Gasteiger partial charge in [-0.05, 0) is 38.6 Å². The Hall–Kier alpha value is -1.24. The van der Waals surface area contributed by atoms with Crippen LogP contribution in [0.15, 0.2) is 39.5 Å². The molecule has 0 saturated carbocycles. The van der Waals surface area contributed by atoms with Gasteiger partial charge in [0.05, 0.1) is 22.1 Å². The highest BCUT2D eigenvalue weighted by Crippen LogP contribution is 2.11. The highest BCUT2D eigenvalue weighted by molar-refractivity contribution is 14.0. The predicted molar refractivity (Wildman–Crippen MR) is 121 cm³/mol. The molecule has 0 radical (unpaired) electrons. The first kappa shape index (κ1) is 23.8. The normalized spacial score (nSPS) is 11.7. The van der Waals surface area contributed by atoms with Crippen LogP contribution in [0.1, 0.15) is 23.2 Å². The number of hydrogen-bond donors (Lipinski definition) is 3. The van der Waals surface area contributed by atoms with Crippen molar-refractivity contribution in [2.45, 2.75) is 31.7 Å². The van der Waals surface area contributed by atoms with Crippen LogP contribution in [0.4, 0.5) is 0 Å². The molecule has 0 amide bonds. The molecule has 1 heterocycles. The smallest absolute Gasteiger partial charge is 0.240 e. The molecule has 0 atom stereocenters. The van der Waals surface area contributed by atoms with Crippen LogP contribution in [-0.4, -0.2) is 39.5 Å². The molecular weight excluding hydrogens is 497 g/mol. The zero-order valence-corrected chi connectivity index (χ0v) is 19.6. The lowest BCUT2D eigenvalue weighted by atomic mass is 10.2. The number of aryl methyl sites for hydroxylation is 1. The first-order chi connectivity index (χ1) is 12.4. The molecule has 0 aliphatic rings. The van der Waals surface area contributed by atoms with Crippen molar-refractivity contribution in [2.24, 2.45) is 4.99 Å². The minimum atomic E-state index is -3.41. The maximum absolute atomic E-state index is 11.7. The monoisotopic (exact) mass is 523 g/mol. The summed E-state index contributed by atoms with van der Waals surface area (Å²) in [5.74, 6) is 0.728. The molecule has 1 aromatic carbocycles. The second kappa shape index (κ2) is 11.6. The van der Waals surface area contributed by atoms with E-state index >= 15 is 0 Å². The van der Waals surface area contributed by atoms with Crippen molar-refractivity contribution in [3.8, 4) is 0 Å². The lowest BCUT2D eigenvalue weighted by molar-refractivity contribution is 0.588. The lowest BCUT2D eigenvalue weighted by Gasteiger charge is -2.11. The summed E-state index contributed by atoms with van der Waals surface area (Å²) in [5.41, 5.74) is 2.02. The van der Waals surface area contributed by atoms with Crippen LogP contribution in [0.5, 0.6) is 0 Å². The van der Waals surface area contributed by atoms with Crippen LogP contribution in [0.3, 0.4) is 0 Å². The molecule has 1 aromatic heterocycles. The molecule has 0 unspecified atom stereocenters. The standard InChI is InChI=1S/C17H25N5O2S2.HI/c1-4-19-17(20-10-9-15-12-25-13(2)22-15)21-11-14-5-7-16(8-6-14)26(23,24)18-3;/h5-8,12,18H,4,9-11H2,1-3H3,(H2,19,20,21);1H. The summed E-state index contributed by atoms with van der Waals surface area (Å²) in [6, 6.07) is 6.72. The number of guanidine groups is 1. The number of halogens is 1. The summed E-state index contributed by atoms with van der Waals surface area (Å²) in [6.45, 7) is 5.99. The number of thiazole rings is 1. The lowest BCUT2D eigenvalue weighted by Crippen LogP contribution is -2.38. The van der Waals surface area contributed by atoms with Gasteiger partial charge >= 0.3 is 0 Å². The fraction of sp³-hybridized carbons (Fsp3) is 0.412. The quantitative estimate of drug-likeness (QED) is 0.281. The Morgan fingerprint density at radius 1 is 1.22 bits per heavy atom. The third-order valence-corrected chi connectivity index (χ3v) is 5.86. The van der Waals surface area contributed by atoms with Crippen LogP contribution >= 0.6 is 35.3 Å². The molecule has 0 saturated heterocycles. The second-order valence-electron chi connectivity index (χ2n) is 5.58. The molecule has 2 aromatic rings. The number of sulfonamides is 1. The number of nitrogens with zero attached hydrogens (tertiary/aromatic N) is 2. The molecule has 2 rings (SSSR count). The van der Waals surface area contributed by atoms with Gasteiger partial charge in [-0.2, -0.15) is 0 Å². The van der Waals surface area contributed by atoms with Crippen LogP contribution in [0.2, 0.25) is 0 Å². The maximum Gasteiger partial charge on any atom is 0.240 e. The molecule has 150 valence electrons. The topological polar surface area (TPSA) is 95.5 Å². The minimum absolute atomic E-state index is 0. The van der Waals surface area contributed by atoms with Gasteiger partial charge in [0.1, 0.15) is 0 Å². The van der Waals surface area contributed by atoms with Crippen LogP contribution < -0.4 is 15.4 Å². The van der Waals surface area contributed by atoms with E-state index in [9.17, 15) is 8.42 Å². The fourth-order valence-electron chi connectivity index (χ4n) is 2.24. The molecular formula is C17H26IN5O2S2. The van der Waals surface area contributed by atoms with Crippen LogP contribution in [-0.2, 0) is 23.0 Å². The first-order valence-corrected chi connectivity index (χ1v) is 10.8. The number of benzene rings is 1. The number of nitrogens with one attached hydrogen (secondary N) is 3. The summed E-state index contributed by atoms with van der Waals surface area (Å²) < 4.78 is 25.8. The van der Waals surface area contributed by atoms with E-state index in [4.69, 9.17) is 0 Å². The Kier molecular flexibility index (Phi) is 10.2. The Morgan fingerprint density at radius 2 is 1.93 bits per heavy atom. The SMILES string of the molecule is CCNC(=NCc1ccc(S(=O)(=O)NC)cc1)NCCc1csc(C)n1.I. The highest BCUT2D eigenvalue weighted by atomic mass is 127. The molecule has 10 heteroatoms. The zero-order chi connectivity index (χ0) is 19.0. The highest BCUT2D eigenvalue weighted by Gasteiger charge is 2.10. The Labute approximate surface area is 182 Å². The molecule has 7 nitrogen and oxygen atoms in total.